The fraction of sp³-hybridized carbons (Fsp3) is 0.0938. The van der Waals surface area contributed by atoms with Gasteiger partial charge in [-0.2, -0.15) is 10.3 Å². The molecule has 0 bridgehead atoms. The molecule has 0 aromatic heterocycles. The van der Waals surface area contributed by atoms with E-state index in [0.717, 1.165) is 11.1 Å². The SMILES string of the molecule is CCN1C(=O)/C(=C\c2ccc(C(c3ccccc3)c3ccccc3)cc2)OC1=Nc1ccccc1C#N. The second kappa shape index (κ2) is 10.8. The minimum Gasteiger partial charge on any atom is -0.419 e. The first-order valence-corrected chi connectivity index (χ1v) is 12.2. The second-order valence-electron chi connectivity index (χ2n) is 8.60. The average molecular weight is 484 g/mol. The molecule has 0 N–H and O–H groups in total. The van der Waals surface area contributed by atoms with Crippen molar-refractivity contribution >= 4 is 23.7 Å². The molecule has 1 amide bonds. The Balaban J connectivity index is 1.45. The van der Waals surface area contributed by atoms with Gasteiger partial charge in [0.1, 0.15) is 6.07 Å². The molecule has 0 spiro atoms. The zero-order valence-electron chi connectivity index (χ0n) is 20.4. The van der Waals surface area contributed by atoms with E-state index >= 15 is 0 Å². The van der Waals surface area contributed by atoms with Crippen LogP contribution >= 0.6 is 0 Å². The third-order valence-corrected chi connectivity index (χ3v) is 6.28. The number of ether oxygens (including phenoxy) is 1. The number of aliphatic imine (C=N–C) groups is 1. The molecule has 0 radical (unpaired) electrons. The zero-order chi connectivity index (χ0) is 25.6. The number of rotatable bonds is 6. The Bertz CT molecular complexity index is 1460. The van der Waals surface area contributed by atoms with Gasteiger partial charge in [0.2, 0.25) is 0 Å². The molecular weight excluding hydrogens is 458 g/mol. The number of benzene rings is 4. The number of carbonyl (C=O) groups is 1. The third kappa shape index (κ3) is 5.05. The van der Waals surface area contributed by atoms with Crippen molar-refractivity contribution in [2.24, 2.45) is 4.99 Å². The number of nitrogens with zero attached hydrogens (tertiary/aromatic N) is 3. The van der Waals surface area contributed by atoms with E-state index in [1.165, 1.54) is 16.0 Å². The van der Waals surface area contributed by atoms with Crippen molar-refractivity contribution < 1.29 is 9.53 Å². The highest BCUT2D eigenvalue weighted by Crippen LogP contribution is 2.32. The van der Waals surface area contributed by atoms with Crippen molar-refractivity contribution in [2.45, 2.75) is 12.8 Å². The first-order chi connectivity index (χ1) is 18.2. The van der Waals surface area contributed by atoms with Crippen LogP contribution in [0, 0.1) is 11.3 Å². The minimum absolute atomic E-state index is 0.1000. The Kier molecular flexibility index (Phi) is 6.91. The lowest BCUT2D eigenvalue weighted by Gasteiger charge is -2.19. The van der Waals surface area contributed by atoms with Gasteiger partial charge in [0, 0.05) is 12.5 Å². The maximum atomic E-state index is 13.0. The molecule has 4 aromatic rings. The number of amides is 1. The van der Waals surface area contributed by atoms with Gasteiger partial charge < -0.3 is 4.74 Å². The number of hydrogen-bond acceptors (Lipinski definition) is 4. The lowest BCUT2D eigenvalue weighted by atomic mass is 9.85. The third-order valence-electron chi connectivity index (χ3n) is 6.28. The van der Waals surface area contributed by atoms with Gasteiger partial charge in [-0.1, -0.05) is 97.1 Å². The molecule has 5 rings (SSSR count). The van der Waals surface area contributed by atoms with Crippen LogP contribution in [0.25, 0.3) is 6.08 Å². The molecule has 1 fully saturated rings. The van der Waals surface area contributed by atoms with E-state index in [9.17, 15) is 10.1 Å². The summed E-state index contributed by atoms with van der Waals surface area (Å²) >= 11 is 0. The van der Waals surface area contributed by atoms with Crippen LogP contribution in [0.15, 0.2) is 120 Å². The van der Waals surface area contributed by atoms with E-state index in [4.69, 9.17) is 4.74 Å². The van der Waals surface area contributed by atoms with E-state index in [-0.39, 0.29) is 23.6 Å². The highest BCUT2D eigenvalue weighted by molar-refractivity contribution is 6.11. The predicted octanol–water partition coefficient (Wildman–Crippen LogP) is 6.65. The molecule has 37 heavy (non-hydrogen) atoms. The minimum atomic E-state index is -0.258. The van der Waals surface area contributed by atoms with E-state index < -0.39 is 0 Å². The predicted molar refractivity (Wildman–Crippen MR) is 145 cm³/mol. The lowest BCUT2D eigenvalue weighted by Crippen LogP contribution is -2.29. The van der Waals surface area contributed by atoms with Crippen molar-refractivity contribution in [3.05, 3.63) is 143 Å². The molecule has 0 unspecified atom stereocenters. The summed E-state index contributed by atoms with van der Waals surface area (Å²) in [6, 6.07) is 38.3. The van der Waals surface area contributed by atoms with Crippen LogP contribution in [-0.4, -0.2) is 23.4 Å². The Hall–Kier alpha value is -4.95. The number of carbonyl (C=O) groups excluding carboxylic acids is 1. The molecule has 1 aliphatic rings. The van der Waals surface area contributed by atoms with Gasteiger partial charge in [0.15, 0.2) is 5.76 Å². The Morgan fingerprint density at radius 3 is 2.00 bits per heavy atom. The summed E-state index contributed by atoms with van der Waals surface area (Å²) in [6.45, 7) is 2.26. The molecule has 5 heteroatoms. The maximum absolute atomic E-state index is 13.0. The first-order valence-electron chi connectivity index (χ1n) is 12.2. The summed E-state index contributed by atoms with van der Waals surface area (Å²) in [5.74, 6) is 0.0413. The largest absolute Gasteiger partial charge is 0.419 e. The summed E-state index contributed by atoms with van der Waals surface area (Å²) in [5.41, 5.74) is 5.31. The van der Waals surface area contributed by atoms with Crippen LogP contribution in [0.4, 0.5) is 5.69 Å². The van der Waals surface area contributed by atoms with Crippen LogP contribution in [0.5, 0.6) is 0 Å². The van der Waals surface area contributed by atoms with Crippen LogP contribution in [-0.2, 0) is 9.53 Å². The standard InChI is InChI=1S/C32H25N3O2/c1-2-35-31(36)29(37-32(35)34-28-16-10-9-15-27(28)22-33)21-23-17-19-26(20-18-23)30(24-11-5-3-6-12-24)25-13-7-4-8-14-25/h3-21,30H,2H2,1H3/b29-21+,34-32?. The van der Waals surface area contributed by atoms with Crippen LogP contribution in [0.2, 0.25) is 0 Å². The molecule has 0 atom stereocenters. The van der Waals surface area contributed by atoms with E-state index in [1.807, 2.05) is 31.2 Å². The van der Waals surface area contributed by atoms with Gasteiger partial charge in [-0.25, -0.2) is 0 Å². The molecule has 180 valence electrons. The summed E-state index contributed by atoms with van der Waals surface area (Å²) in [7, 11) is 0. The van der Waals surface area contributed by atoms with Gasteiger partial charge >= 0.3 is 6.02 Å². The van der Waals surface area contributed by atoms with Crippen molar-refractivity contribution in [1.29, 1.82) is 5.26 Å². The van der Waals surface area contributed by atoms with Crippen LogP contribution in [0.1, 0.15) is 40.7 Å². The fourth-order valence-corrected chi connectivity index (χ4v) is 4.44. The van der Waals surface area contributed by atoms with Gasteiger partial charge in [-0.15, -0.1) is 0 Å². The lowest BCUT2D eigenvalue weighted by molar-refractivity contribution is -0.122. The number of para-hydroxylation sites is 1. The number of likely N-dealkylation sites (N-methyl/N-ethyl adjacent to an activating group) is 1. The number of hydrogen-bond donors (Lipinski definition) is 0. The molecule has 4 aromatic carbocycles. The number of amidine groups is 1. The summed E-state index contributed by atoms with van der Waals surface area (Å²) in [6.07, 6.45) is 1.73. The Labute approximate surface area is 216 Å². The first kappa shape index (κ1) is 23.8. The molecule has 1 aliphatic heterocycles. The summed E-state index contributed by atoms with van der Waals surface area (Å²) in [4.78, 5) is 19.0. The zero-order valence-corrected chi connectivity index (χ0v) is 20.4. The van der Waals surface area contributed by atoms with Crippen LogP contribution < -0.4 is 0 Å². The van der Waals surface area contributed by atoms with E-state index in [2.05, 4.69) is 71.7 Å². The normalized spacial score (nSPS) is 15.3. The fourth-order valence-electron chi connectivity index (χ4n) is 4.44. The smallest absolute Gasteiger partial charge is 0.305 e. The quantitative estimate of drug-likeness (QED) is 0.228. The summed E-state index contributed by atoms with van der Waals surface area (Å²) in [5, 5.41) is 9.37. The van der Waals surface area contributed by atoms with Crippen LogP contribution in [0.3, 0.4) is 0 Å². The van der Waals surface area contributed by atoms with E-state index in [1.54, 1.807) is 30.3 Å². The van der Waals surface area contributed by atoms with Gasteiger partial charge in [0.05, 0.1) is 11.3 Å². The maximum Gasteiger partial charge on any atom is 0.305 e. The van der Waals surface area contributed by atoms with Gasteiger partial charge in [-0.3, -0.25) is 9.69 Å². The Morgan fingerprint density at radius 2 is 1.41 bits per heavy atom. The molecular formula is C32H25N3O2. The van der Waals surface area contributed by atoms with E-state index in [0.29, 0.717) is 17.8 Å². The highest BCUT2D eigenvalue weighted by atomic mass is 16.5. The highest BCUT2D eigenvalue weighted by Gasteiger charge is 2.34. The average Bonchev–Trinajstić information content (AvgIpc) is 3.24. The van der Waals surface area contributed by atoms with Crippen molar-refractivity contribution in [3.63, 3.8) is 0 Å². The number of nitriles is 1. The Morgan fingerprint density at radius 1 is 0.838 bits per heavy atom. The van der Waals surface area contributed by atoms with Gasteiger partial charge in [-0.05, 0) is 47.4 Å². The molecule has 0 saturated carbocycles. The molecule has 5 nitrogen and oxygen atoms in total. The monoisotopic (exact) mass is 483 g/mol. The van der Waals surface area contributed by atoms with Crippen molar-refractivity contribution in [1.82, 2.24) is 4.90 Å². The second-order valence-corrected chi connectivity index (χ2v) is 8.60. The molecule has 1 heterocycles. The topological polar surface area (TPSA) is 65.7 Å². The van der Waals surface area contributed by atoms with Crippen molar-refractivity contribution in [3.8, 4) is 6.07 Å². The van der Waals surface area contributed by atoms with Crippen molar-refractivity contribution in [2.75, 3.05) is 6.54 Å². The molecule has 0 aliphatic carbocycles. The van der Waals surface area contributed by atoms with Gasteiger partial charge in [0.25, 0.3) is 5.91 Å². The summed E-state index contributed by atoms with van der Waals surface area (Å²) < 4.78 is 5.88. The molecule has 1 saturated heterocycles.